The summed E-state index contributed by atoms with van der Waals surface area (Å²) in [5.41, 5.74) is -4.73. The maximum atomic E-state index is 14.7. The quantitative estimate of drug-likeness (QED) is 0.537. The molecule has 0 aliphatic heterocycles. The lowest BCUT2D eigenvalue weighted by Gasteiger charge is -2.26. The molecule has 10 heteroatoms. The molecule has 31 heavy (non-hydrogen) atoms. The topological polar surface area (TPSA) is 43.4 Å². The maximum Gasteiger partial charge on any atom is 0.501 e. The SMILES string of the molecule is COC1(F)C=C(F)C(C2=CC3(C=C2c2ccc(S(=O)(=O)C(F)(F)F)cc2)CC3)C=C1F. The molecule has 166 valence electrons. The van der Waals surface area contributed by atoms with Crippen LogP contribution in [0.2, 0.25) is 0 Å². The van der Waals surface area contributed by atoms with Gasteiger partial charge in [0.25, 0.3) is 15.7 Å². The Hall–Kier alpha value is -2.33. The van der Waals surface area contributed by atoms with Gasteiger partial charge in [0.15, 0.2) is 5.83 Å². The summed E-state index contributed by atoms with van der Waals surface area (Å²) in [5, 5.41) is 0. The van der Waals surface area contributed by atoms with Crippen molar-refractivity contribution in [1.29, 1.82) is 0 Å². The van der Waals surface area contributed by atoms with Crippen LogP contribution in [0.25, 0.3) is 5.57 Å². The highest BCUT2D eigenvalue weighted by atomic mass is 32.2. The molecule has 0 heterocycles. The van der Waals surface area contributed by atoms with Crippen molar-refractivity contribution in [2.45, 2.75) is 29.1 Å². The number of sulfone groups is 1. The number of hydrogen-bond acceptors (Lipinski definition) is 3. The van der Waals surface area contributed by atoms with Crippen LogP contribution in [0.5, 0.6) is 0 Å². The predicted molar refractivity (Wildman–Crippen MR) is 100 cm³/mol. The second-order valence-electron chi connectivity index (χ2n) is 7.74. The van der Waals surface area contributed by atoms with E-state index in [4.69, 9.17) is 0 Å². The van der Waals surface area contributed by atoms with E-state index in [1.165, 1.54) is 12.1 Å². The average Bonchev–Trinajstić information content (AvgIpc) is 3.35. The van der Waals surface area contributed by atoms with Crippen LogP contribution in [0, 0.1) is 11.3 Å². The molecule has 1 aromatic rings. The summed E-state index contributed by atoms with van der Waals surface area (Å²) in [5.74, 6) is -6.54. The minimum atomic E-state index is -5.51. The Morgan fingerprint density at radius 1 is 1.03 bits per heavy atom. The van der Waals surface area contributed by atoms with Gasteiger partial charge in [0.1, 0.15) is 5.83 Å². The van der Waals surface area contributed by atoms with Crippen molar-refractivity contribution in [1.82, 2.24) is 0 Å². The first-order chi connectivity index (χ1) is 14.3. The molecule has 0 bridgehead atoms. The first kappa shape index (κ1) is 21.9. The van der Waals surface area contributed by atoms with Gasteiger partial charge in [0.05, 0.1) is 10.8 Å². The summed E-state index contributed by atoms with van der Waals surface area (Å²) in [6, 6.07) is 3.99. The van der Waals surface area contributed by atoms with Crippen molar-refractivity contribution in [3.63, 3.8) is 0 Å². The zero-order valence-corrected chi connectivity index (χ0v) is 16.8. The molecule has 3 nitrogen and oxygen atoms in total. The van der Waals surface area contributed by atoms with Crippen LogP contribution in [0.4, 0.5) is 26.3 Å². The van der Waals surface area contributed by atoms with Crippen molar-refractivity contribution >= 4 is 15.4 Å². The van der Waals surface area contributed by atoms with E-state index in [2.05, 4.69) is 4.74 Å². The third-order valence-corrected chi connectivity index (χ3v) is 7.19. The highest BCUT2D eigenvalue weighted by molar-refractivity contribution is 7.92. The molecular formula is C21H16F6O3S. The lowest BCUT2D eigenvalue weighted by molar-refractivity contribution is -0.0667. The summed E-state index contributed by atoms with van der Waals surface area (Å²) in [4.78, 5) is -0.925. The van der Waals surface area contributed by atoms with Crippen LogP contribution in [0.1, 0.15) is 18.4 Å². The molecule has 0 aromatic heterocycles. The van der Waals surface area contributed by atoms with Crippen LogP contribution in [0.3, 0.4) is 0 Å². The molecule has 0 N–H and O–H groups in total. The Balaban J connectivity index is 1.72. The van der Waals surface area contributed by atoms with Gasteiger partial charge in [-0.1, -0.05) is 24.3 Å². The lowest BCUT2D eigenvalue weighted by Crippen LogP contribution is -2.28. The van der Waals surface area contributed by atoms with E-state index < -0.39 is 43.7 Å². The Bertz CT molecular complexity index is 1150. The minimum absolute atomic E-state index is 0.325. The van der Waals surface area contributed by atoms with E-state index >= 15 is 0 Å². The number of rotatable bonds is 4. The van der Waals surface area contributed by atoms with Gasteiger partial charge in [-0.05, 0) is 47.8 Å². The number of hydrogen-bond donors (Lipinski definition) is 0. The number of halogens is 6. The third-order valence-electron chi connectivity index (χ3n) is 5.68. The highest BCUT2D eigenvalue weighted by Crippen LogP contribution is 2.58. The summed E-state index contributed by atoms with van der Waals surface area (Å²) in [7, 11) is -4.61. The number of methoxy groups -OCH3 is 1. The summed E-state index contributed by atoms with van der Waals surface area (Å²) < 4.78 is 109. The first-order valence-corrected chi connectivity index (χ1v) is 10.7. The van der Waals surface area contributed by atoms with E-state index in [1.807, 2.05) is 0 Å². The largest absolute Gasteiger partial charge is 0.501 e. The van der Waals surface area contributed by atoms with Gasteiger partial charge >= 0.3 is 5.51 Å². The standard InChI is InChI=1S/C21H16F6O3S/c1-30-20(24)11-17(22)14(8-18(20)23)16-10-19(6-7-19)9-15(16)12-2-4-13(5-3-12)31(28,29)21(25,26)27/h2-5,8-11,14H,6-7H2,1H3. The average molecular weight is 462 g/mol. The van der Waals surface area contributed by atoms with Crippen molar-refractivity contribution in [2.24, 2.45) is 11.3 Å². The molecule has 2 atom stereocenters. The van der Waals surface area contributed by atoms with Crippen LogP contribution < -0.4 is 0 Å². The smallest absolute Gasteiger partial charge is 0.341 e. The molecule has 0 amide bonds. The van der Waals surface area contributed by atoms with Crippen molar-refractivity contribution in [2.75, 3.05) is 7.11 Å². The summed E-state index contributed by atoms with van der Waals surface area (Å²) in [6.45, 7) is 0. The van der Waals surface area contributed by atoms with Crippen LogP contribution in [-0.4, -0.2) is 26.9 Å². The molecule has 2 unspecified atom stereocenters. The second-order valence-corrected chi connectivity index (χ2v) is 9.68. The molecule has 3 aliphatic rings. The van der Waals surface area contributed by atoms with Crippen LogP contribution in [-0.2, 0) is 14.6 Å². The van der Waals surface area contributed by atoms with Crippen LogP contribution in [0.15, 0.2) is 70.7 Å². The summed E-state index contributed by atoms with van der Waals surface area (Å²) >= 11 is 0. The predicted octanol–water partition coefficient (Wildman–Crippen LogP) is 5.73. The number of allylic oxidation sites excluding steroid dienone is 6. The van der Waals surface area contributed by atoms with Gasteiger partial charge in [-0.3, -0.25) is 0 Å². The molecule has 1 fully saturated rings. The van der Waals surface area contributed by atoms with Crippen LogP contribution >= 0.6 is 0 Å². The lowest BCUT2D eigenvalue weighted by atomic mass is 9.86. The Kier molecular flexibility index (Phi) is 4.82. The molecule has 3 aliphatic carbocycles. The van der Waals surface area contributed by atoms with Crippen molar-refractivity contribution < 1.29 is 39.5 Å². The van der Waals surface area contributed by atoms with E-state index in [0.717, 1.165) is 38.2 Å². The van der Waals surface area contributed by atoms with Gasteiger partial charge in [-0.15, -0.1) is 0 Å². The molecule has 1 spiro atoms. The Morgan fingerprint density at radius 2 is 1.65 bits per heavy atom. The zero-order chi connectivity index (χ0) is 22.8. The molecule has 0 radical (unpaired) electrons. The maximum absolute atomic E-state index is 14.7. The number of alkyl halides is 4. The third kappa shape index (κ3) is 3.55. The van der Waals surface area contributed by atoms with Crippen molar-refractivity contribution in [3.8, 4) is 0 Å². The normalized spacial score (nSPS) is 27.5. The molecule has 4 rings (SSSR count). The van der Waals surface area contributed by atoms with Gasteiger partial charge in [-0.25, -0.2) is 17.2 Å². The van der Waals surface area contributed by atoms with Gasteiger partial charge in [-0.2, -0.15) is 17.6 Å². The Labute approximate surface area is 174 Å². The second kappa shape index (κ2) is 6.83. The van der Waals surface area contributed by atoms with E-state index in [1.54, 1.807) is 12.2 Å². The molecule has 1 aromatic carbocycles. The fourth-order valence-electron chi connectivity index (χ4n) is 3.76. The molecular weight excluding hydrogens is 446 g/mol. The molecule has 1 saturated carbocycles. The van der Waals surface area contributed by atoms with Gasteiger partial charge in [0.2, 0.25) is 0 Å². The Morgan fingerprint density at radius 3 is 2.16 bits per heavy atom. The number of ether oxygens (including phenoxy) is 1. The monoisotopic (exact) mass is 462 g/mol. The van der Waals surface area contributed by atoms with Gasteiger partial charge < -0.3 is 4.74 Å². The van der Waals surface area contributed by atoms with E-state index in [-0.39, 0.29) is 5.41 Å². The number of benzene rings is 1. The molecule has 0 saturated heterocycles. The van der Waals surface area contributed by atoms with Gasteiger partial charge in [0, 0.05) is 18.6 Å². The fourth-order valence-corrected chi connectivity index (χ4v) is 4.52. The van der Waals surface area contributed by atoms with Crippen molar-refractivity contribution in [3.05, 3.63) is 71.4 Å². The van der Waals surface area contributed by atoms with E-state index in [0.29, 0.717) is 22.8 Å². The first-order valence-electron chi connectivity index (χ1n) is 9.20. The summed E-state index contributed by atoms with van der Waals surface area (Å²) in [6.07, 6.45) is 6.20. The fraction of sp³-hybridized carbons (Fsp3) is 0.333. The zero-order valence-electron chi connectivity index (χ0n) is 16.0. The highest BCUT2D eigenvalue weighted by Gasteiger charge is 2.48. The minimum Gasteiger partial charge on any atom is -0.341 e. The van der Waals surface area contributed by atoms with E-state index in [9.17, 15) is 34.8 Å².